The summed E-state index contributed by atoms with van der Waals surface area (Å²) in [4.78, 5) is 17.8. The summed E-state index contributed by atoms with van der Waals surface area (Å²) in [6.45, 7) is 16.2. The van der Waals surface area contributed by atoms with Crippen molar-refractivity contribution in [2.45, 2.75) is 67.2 Å². The molecule has 1 rings (SSSR count). The molecule has 3 nitrogen and oxygen atoms in total. The van der Waals surface area contributed by atoms with E-state index in [4.69, 9.17) is 0 Å². The number of rotatable bonds is 2. The van der Waals surface area contributed by atoms with Gasteiger partial charge in [-0.05, 0) is 17.9 Å². The van der Waals surface area contributed by atoms with Crippen LogP contribution in [0.15, 0.2) is 10.9 Å². The molecule has 0 aliphatic carbocycles. The lowest BCUT2D eigenvalue weighted by atomic mass is 10.1. The molecule has 1 aromatic heterocycles. The van der Waals surface area contributed by atoms with Gasteiger partial charge in [-0.2, -0.15) is 4.98 Å². The highest BCUT2D eigenvalue weighted by atomic mass is 16.1. The number of aromatic nitrogens is 2. The largest absolute Gasteiger partial charge is 0.345 e. The van der Waals surface area contributed by atoms with Gasteiger partial charge in [-0.3, -0.25) is 0 Å². The van der Waals surface area contributed by atoms with Crippen molar-refractivity contribution in [2.24, 2.45) is 0 Å². The van der Waals surface area contributed by atoms with Crippen molar-refractivity contribution in [2.75, 3.05) is 0 Å². The van der Waals surface area contributed by atoms with E-state index in [1.54, 1.807) is 0 Å². The van der Waals surface area contributed by atoms with Gasteiger partial charge in [0.2, 0.25) is 0 Å². The third-order valence-corrected chi connectivity index (χ3v) is 2.00. The van der Waals surface area contributed by atoms with Crippen molar-refractivity contribution in [3.05, 3.63) is 27.9 Å². The smallest absolute Gasteiger partial charge is 0.310 e. The second kappa shape index (κ2) is 10.1. The van der Waals surface area contributed by atoms with Crippen LogP contribution >= 0.6 is 0 Å². The molecule has 1 N–H and O–H groups in total. The van der Waals surface area contributed by atoms with Crippen LogP contribution in [0.5, 0.6) is 0 Å². The van der Waals surface area contributed by atoms with Crippen LogP contribution in [0.1, 0.15) is 78.6 Å². The van der Waals surface area contributed by atoms with Gasteiger partial charge in [-0.15, -0.1) is 0 Å². The SMILES string of the molecule is CC.CC.CC(C)c1cc(C(C)C)[nH]c(=O)n1. The number of hydrogen-bond donors (Lipinski definition) is 1. The molecule has 100 valence electrons. The van der Waals surface area contributed by atoms with Gasteiger partial charge in [0.05, 0.1) is 5.69 Å². The molecule has 0 unspecified atom stereocenters. The summed E-state index contributed by atoms with van der Waals surface area (Å²) in [6, 6.07) is 1.97. The van der Waals surface area contributed by atoms with Gasteiger partial charge < -0.3 is 4.98 Å². The molecule has 0 spiro atoms. The Morgan fingerprint density at radius 1 is 1.00 bits per heavy atom. The molecule has 0 saturated carbocycles. The van der Waals surface area contributed by atoms with E-state index < -0.39 is 0 Å². The van der Waals surface area contributed by atoms with Crippen LogP contribution in [-0.2, 0) is 0 Å². The zero-order valence-corrected chi connectivity index (χ0v) is 12.6. The summed E-state index contributed by atoms with van der Waals surface area (Å²) in [6.07, 6.45) is 0. The molecule has 0 amide bonds. The summed E-state index contributed by atoms with van der Waals surface area (Å²) in [7, 11) is 0. The first kappa shape index (κ1) is 18.3. The summed E-state index contributed by atoms with van der Waals surface area (Å²) in [5, 5.41) is 0. The van der Waals surface area contributed by atoms with Gasteiger partial charge >= 0.3 is 5.69 Å². The topological polar surface area (TPSA) is 45.8 Å². The third-order valence-electron chi connectivity index (χ3n) is 2.00. The van der Waals surface area contributed by atoms with E-state index >= 15 is 0 Å². The first-order chi connectivity index (χ1) is 8.00. The van der Waals surface area contributed by atoms with E-state index in [1.807, 2.05) is 47.6 Å². The van der Waals surface area contributed by atoms with Crippen molar-refractivity contribution in [1.82, 2.24) is 9.97 Å². The summed E-state index contributed by atoms with van der Waals surface area (Å²) < 4.78 is 0. The third kappa shape index (κ3) is 6.93. The van der Waals surface area contributed by atoms with Crippen LogP contribution in [0.2, 0.25) is 0 Å². The summed E-state index contributed by atoms with van der Waals surface area (Å²) >= 11 is 0. The van der Waals surface area contributed by atoms with E-state index in [1.165, 1.54) is 0 Å². The molecule has 0 fully saturated rings. The molecule has 0 radical (unpaired) electrons. The van der Waals surface area contributed by atoms with Gasteiger partial charge in [-0.25, -0.2) is 4.79 Å². The molecule has 0 bridgehead atoms. The Morgan fingerprint density at radius 3 is 1.82 bits per heavy atom. The lowest BCUT2D eigenvalue weighted by Crippen LogP contribution is -2.16. The van der Waals surface area contributed by atoms with Gasteiger partial charge in [0.1, 0.15) is 0 Å². The highest BCUT2D eigenvalue weighted by molar-refractivity contribution is 5.13. The van der Waals surface area contributed by atoms with Gasteiger partial charge in [0, 0.05) is 5.69 Å². The van der Waals surface area contributed by atoms with Crippen molar-refractivity contribution in [3.8, 4) is 0 Å². The molecule has 0 atom stereocenters. The molecule has 17 heavy (non-hydrogen) atoms. The molecular weight excluding hydrogens is 212 g/mol. The first-order valence-electron chi connectivity index (χ1n) is 6.62. The monoisotopic (exact) mass is 240 g/mol. The predicted molar refractivity (Wildman–Crippen MR) is 75.7 cm³/mol. The fourth-order valence-corrected chi connectivity index (χ4v) is 1.10. The first-order valence-corrected chi connectivity index (χ1v) is 6.62. The number of aromatic amines is 1. The van der Waals surface area contributed by atoms with Crippen LogP contribution in [0.3, 0.4) is 0 Å². The highest BCUT2D eigenvalue weighted by Crippen LogP contribution is 2.14. The zero-order valence-electron chi connectivity index (χ0n) is 12.6. The molecule has 3 heteroatoms. The number of nitrogens with zero attached hydrogens (tertiary/aromatic N) is 1. The lowest BCUT2D eigenvalue weighted by Gasteiger charge is -2.08. The predicted octanol–water partition coefficient (Wildman–Crippen LogP) is 4.07. The molecule has 1 heterocycles. The van der Waals surface area contributed by atoms with E-state index in [0.717, 1.165) is 11.4 Å². The number of H-pyrrole nitrogens is 1. The van der Waals surface area contributed by atoms with Crippen LogP contribution in [0.25, 0.3) is 0 Å². The van der Waals surface area contributed by atoms with Crippen LogP contribution in [-0.4, -0.2) is 9.97 Å². The minimum Gasteiger partial charge on any atom is -0.310 e. The van der Waals surface area contributed by atoms with Crippen LogP contribution < -0.4 is 5.69 Å². The Morgan fingerprint density at radius 2 is 1.47 bits per heavy atom. The number of hydrogen-bond acceptors (Lipinski definition) is 2. The second-order valence-electron chi connectivity index (χ2n) is 3.88. The maximum atomic E-state index is 11.2. The molecule has 0 saturated heterocycles. The summed E-state index contributed by atoms with van der Waals surface area (Å²) in [5.41, 5.74) is 1.59. The Balaban J connectivity index is 0. The second-order valence-corrected chi connectivity index (χ2v) is 3.88. The fraction of sp³-hybridized carbons (Fsp3) is 0.714. The Hall–Kier alpha value is -1.12. The van der Waals surface area contributed by atoms with Crippen molar-refractivity contribution < 1.29 is 0 Å². The quantitative estimate of drug-likeness (QED) is 0.847. The van der Waals surface area contributed by atoms with Gasteiger partial charge in [0.15, 0.2) is 0 Å². The average Bonchev–Trinajstić information content (AvgIpc) is 2.33. The van der Waals surface area contributed by atoms with Gasteiger partial charge in [0.25, 0.3) is 0 Å². The molecule has 0 aliphatic heterocycles. The maximum absolute atomic E-state index is 11.2. The molecule has 0 aliphatic rings. The highest BCUT2D eigenvalue weighted by Gasteiger charge is 2.06. The van der Waals surface area contributed by atoms with E-state index in [-0.39, 0.29) is 5.69 Å². The Kier molecular flexibility index (Phi) is 10.8. The zero-order chi connectivity index (χ0) is 14.0. The molecular formula is C14H28N2O. The number of nitrogens with one attached hydrogen (secondary N) is 1. The summed E-state index contributed by atoms with van der Waals surface area (Å²) in [5.74, 6) is 0.646. The van der Waals surface area contributed by atoms with Crippen molar-refractivity contribution in [1.29, 1.82) is 0 Å². The van der Waals surface area contributed by atoms with E-state index in [0.29, 0.717) is 11.8 Å². The molecule has 1 aromatic rings. The van der Waals surface area contributed by atoms with Gasteiger partial charge in [-0.1, -0.05) is 55.4 Å². The minimum absolute atomic E-state index is 0.241. The molecule has 0 aromatic carbocycles. The fourth-order valence-electron chi connectivity index (χ4n) is 1.10. The van der Waals surface area contributed by atoms with Crippen LogP contribution in [0.4, 0.5) is 0 Å². The standard InChI is InChI=1S/C10H16N2O.2C2H6/c1-6(2)8-5-9(7(3)4)12-10(13)11-8;2*1-2/h5-7H,1-4H3,(H,11,12,13);2*1-2H3. The normalized spacial score (nSPS) is 9.29. The van der Waals surface area contributed by atoms with Crippen LogP contribution in [0, 0.1) is 0 Å². The van der Waals surface area contributed by atoms with Crippen molar-refractivity contribution >= 4 is 0 Å². The average molecular weight is 240 g/mol. The minimum atomic E-state index is -0.241. The van der Waals surface area contributed by atoms with E-state index in [9.17, 15) is 4.79 Å². The maximum Gasteiger partial charge on any atom is 0.345 e. The van der Waals surface area contributed by atoms with E-state index in [2.05, 4.69) is 23.8 Å². The Bertz CT molecular complexity index is 311. The van der Waals surface area contributed by atoms with Crippen molar-refractivity contribution in [3.63, 3.8) is 0 Å². The Labute approximate surface area is 106 Å². The lowest BCUT2D eigenvalue weighted by molar-refractivity contribution is 0.752.